The molecule has 0 aliphatic rings. The molecular weight excluding hydrogens is 285 g/mol. The number of rotatable bonds is 4. The molecule has 3 N–H and O–H groups in total. The third-order valence-electron chi connectivity index (χ3n) is 3.22. The zero-order valence-electron chi connectivity index (χ0n) is 12.0. The Balaban J connectivity index is 2.28. The maximum absolute atomic E-state index is 14.1. The molecule has 0 spiro atoms. The molecule has 2 rings (SSSR count). The highest BCUT2D eigenvalue weighted by Gasteiger charge is 2.15. The van der Waals surface area contributed by atoms with Gasteiger partial charge in [0.15, 0.2) is 0 Å². The van der Waals surface area contributed by atoms with E-state index < -0.39 is 11.7 Å². The Morgan fingerprint density at radius 1 is 1.18 bits per heavy atom. The SMILES string of the molecule is CC(=O)N(Cc1ccc(C(=O)NN)cc1F)c1ccccc1. The number of benzene rings is 2. The molecule has 0 unspecified atom stereocenters. The molecule has 0 aliphatic carbocycles. The number of anilines is 1. The minimum absolute atomic E-state index is 0.0791. The lowest BCUT2D eigenvalue weighted by Crippen LogP contribution is -2.30. The third kappa shape index (κ3) is 3.48. The zero-order valence-corrected chi connectivity index (χ0v) is 12.0. The molecule has 2 aromatic rings. The van der Waals surface area contributed by atoms with E-state index in [0.717, 1.165) is 6.07 Å². The van der Waals surface area contributed by atoms with E-state index in [9.17, 15) is 14.0 Å². The monoisotopic (exact) mass is 301 g/mol. The normalized spacial score (nSPS) is 10.1. The van der Waals surface area contributed by atoms with Crippen molar-refractivity contribution in [3.63, 3.8) is 0 Å². The highest BCUT2D eigenvalue weighted by molar-refractivity contribution is 5.94. The molecule has 0 fully saturated rings. The molecular formula is C16H16FN3O2. The van der Waals surface area contributed by atoms with Crippen LogP contribution in [0.5, 0.6) is 0 Å². The van der Waals surface area contributed by atoms with Gasteiger partial charge < -0.3 is 4.90 Å². The second-order valence-electron chi connectivity index (χ2n) is 4.72. The number of amides is 2. The fourth-order valence-electron chi connectivity index (χ4n) is 2.06. The van der Waals surface area contributed by atoms with Crippen LogP contribution in [-0.2, 0) is 11.3 Å². The average Bonchev–Trinajstić information content (AvgIpc) is 2.53. The van der Waals surface area contributed by atoms with Crippen LogP contribution in [0.4, 0.5) is 10.1 Å². The van der Waals surface area contributed by atoms with Crippen molar-refractivity contribution in [2.75, 3.05) is 4.90 Å². The Morgan fingerprint density at radius 3 is 2.41 bits per heavy atom. The van der Waals surface area contributed by atoms with E-state index >= 15 is 0 Å². The third-order valence-corrected chi connectivity index (χ3v) is 3.22. The topological polar surface area (TPSA) is 75.4 Å². The Bertz CT molecular complexity index is 689. The molecule has 5 nitrogen and oxygen atoms in total. The van der Waals surface area contributed by atoms with Gasteiger partial charge >= 0.3 is 0 Å². The number of nitrogens with one attached hydrogen (secondary N) is 1. The van der Waals surface area contributed by atoms with Crippen molar-refractivity contribution in [3.05, 3.63) is 65.5 Å². The quantitative estimate of drug-likeness (QED) is 0.515. The molecule has 0 bridgehead atoms. The number of hydrazine groups is 1. The number of hydrogen-bond donors (Lipinski definition) is 2. The minimum atomic E-state index is -0.572. The molecule has 0 saturated carbocycles. The maximum Gasteiger partial charge on any atom is 0.265 e. The molecule has 22 heavy (non-hydrogen) atoms. The van der Waals surface area contributed by atoms with Crippen LogP contribution < -0.4 is 16.2 Å². The fraction of sp³-hybridized carbons (Fsp3) is 0.125. The lowest BCUT2D eigenvalue weighted by Gasteiger charge is -2.21. The van der Waals surface area contributed by atoms with Gasteiger partial charge in [0, 0.05) is 23.7 Å². The number of halogens is 1. The van der Waals surface area contributed by atoms with Gasteiger partial charge in [-0.2, -0.15) is 0 Å². The summed E-state index contributed by atoms with van der Waals surface area (Å²) >= 11 is 0. The van der Waals surface area contributed by atoms with Gasteiger partial charge in [-0.15, -0.1) is 0 Å². The van der Waals surface area contributed by atoms with Crippen LogP contribution in [0.3, 0.4) is 0 Å². The van der Waals surface area contributed by atoms with Crippen molar-refractivity contribution < 1.29 is 14.0 Å². The van der Waals surface area contributed by atoms with Crippen LogP contribution in [0.15, 0.2) is 48.5 Å². The number of nitrogens with two attached hydrogens (primary N) is 1. The summed E-state index contributed by atoms with van der Waals surface area (Å²) in [6, 6.07) is 13.0. The van der Waals surface area contributed by atoms with Crippen LogP contribution in [0, 0.1) is 5.82 Å². The van der Waals surface area contributed by atoms with Gasteiger partial charge in [-0.3, -0.25) is 15.0 Å². The summed E-state index contributed by atoms with van der Waals surface area (Å²) in [5.41, 5.74) is 3.06. The summed E-state index contributed by atoms with van der Waals surface area (Å²) in [7, 11) is 0. The van der Waals surface area contributed by atoms with Gasteiger partial charge in [0.25, 0.3) is 5.91 Å². The fourth-order valence-corrected chi connectivity index (χ4v) is 2.06. The van der Waals surface area contributed by atoms with E-state index in [1.54, 1.807) is 24.3 Å². The zero-order chi connectivity index (χ0) is 16.1. The summed E-state index contributed by atoms with van der Waals surface area (Å²) in [6.07, 6.45) is 0. The van der Waals surface area contributed by atoms with Gasteiger partial charge in [0.05, 0.1) is 6.54 Å². The number of carbonyl (C=O) groups is 2. The lowest BCUT2D eigenvalue weighted by molar-refractivity contribution is -0.116. The van der Waals surface area contributed by atoms with Crippen molar-refractivity contribution >= 4 is 17.5 Å². The van der Waals surface area contributed by atoms with E-state index in [0.29, 0.717) is 11.3 Å². The predicted octanol–water partition coefficient (Wildman–Crippen LogP) is 1.98. The van der Waals surface area contributed by atoms with Crippen LogP contribution in [0.25, 0.3) is 0 Å². The minimum Gasteiger partial charge on any atom is -0.308 e. The highest BCUT2D eigenvalue weighted by Crippen LogP contribution is 2.19. The Kier molecular flexibility index (Phi) is 4.85. The van der Waals surface area contributed by atoms with E-state index in [4.69, 9.17) is 5.84 Å². The van der Waals surface area contributed by atoms with Crippen LogP contribution >= 0.6 is 0 Å². The smallest absolute Gasteiger partial charge is 0.265 e. The highest BCUT2D eigenvalue weighted by atomic mass is 19.1. The summed E-state index contributed by atoms with van der Waals surface area (Å²) in [5, 5.41) is 0. The van der Waals surface area contributed by atoms with E-state index in [1.165, 1.54) is 24.0 Å². The predicted molar refractivity (Wildman–Crippen MR) is 81.4 cm³/mol. The first kappa shape index (κ1) is 15.7. The first-order valence-corrected chi connectivity index (χ1v) is 6.65. The first-order valence-electron chi connectivity index (χ1n) is 6.65. The largest absolute Gasteiger partial charge is 0.308 e. The van der Waals surface area contributed by atoms with Gasteiger partial charge in [0.1, 0.15) is 5.82 Å². The van der Waals surface area contributed by atoms with Gasteiger partial charge in [-0.05, 0) is 24.3 Å². The second kappa shape index (κ2) is 6.82. The summed E-state index contributed by atoms with van der Waals surface area (Å²) in [5.74, 6) is 3.68. The summed E-state index contributed by atoms with van der Waals surface area (Å²) in [6.45, 7) is 1.50. The van der Waals surface area contributed by atoms with Gasteiger partial charge in [0.2, 0.25) is 5.91 Å². The molecule has 0 heterocycles. The number of carbonyl (C=O) groups excluding carboxylic acids is 2. The van der Waals surface area contributed by atoms with Crippen LogP contribution in [-0.4, -0.2) is 11.8 Å². The van der Waals surface area contributed by atoms with Crippen molar-refractivity contribution in [2.45, 2.75) is 13.5 Å². The lowest BCUT2D eigenvalue weighted by atomic mass is 10.1. The number of para-hydroxylation sites is 1. The molecule has 2 aromatic carbocycles. The van der Waals surface area contributed by atoms with Gasteiger partial charge in [-0.1, -0.05) is 24.3 Å². The summed E-state index contributed by atoms with van der Waals surface area (Å²) < 4.78 is 14.1. The van der Waals surface area contributed by atoms with E-state index in [1.807, 2.05) is 11.5 Å². The molecule has 0 atom stereocenters. The number of nitrogen functional groups attached to an aromatic ring is 1. The Morgan fingerprint density at radius 2 is 1.86 bits per heavy atom. The Labute approximate surface area is 127 Å². The van der Waals surface area contributed by atoms with E-state index in [-0.39, 0.29) is 18.0 Å². The maximum atomic E-state index is 14.1. The molecule has 0 aliphatic heterocycles. The number of hydrogen-bond acceptors (Lipinski definition) is 3. The van der Waals surface area contributed by atoms with Crippen LogP contribution in [0.1, 0.15) is 22.8 Å². The molecule has 6 heteroatoms. The molecule has 0 radical (unpaired) electrons. The van der Waals surface area contributed by atoms with Crippen LogP contribution in [0.2, 0.25) is 0 Å². The van der Waals surface area contributed by atoms with Crippen molar-refractivity contribution in [1.29, 1.82) is 0 Å². The van der Waals surface area contributed by atoms with Crippen molar-refractivity contribution in [1.82, 2.24) is 5.43 Å². The summed E-state index contributed by atoms with van der Waals surface area (Å²) in [4.78, 5) is 24.6. The second-order valence-corrected chi connectivity index (χ2v) is 4.72. The van der Waals surface area contributed by atoms with E-state index in [2.05, 4.69) is 0 Å². The molecule has 0 aromatic heterocycles. The average molecular weight is 301 g/mol. The first-order chi connectivity index (χ1) is 10.5. The van der Waals surface area contributed by atoms with Crippen molar-refractivity contribution in [2.24, 2.45) is 5.84 Å². The molecule has 114 valence electrons. The molecule has 0 saturated heterocycles. The standard InChI is InChI=1S/C16H16FN3O2/c1-11(21)20(14-5-3-2-4-6-14)10-13-8-7-12(9-15(13)17)16(22)19-18/h2-9H,10,18H2,1H3,(H,19,22). The van der Waals surface area contributed by atoms with Crippen molar-refractivity contribution in [3.8, 4) is 0 Å². The number of nitrogens with zero attached hydrogens (tertiary/aromatic N) is 1. The van der Waals surface area contributed by atoms with Gasteiger partial charge in [-0.25, -0.2) is 10.2 Å². The molecule has 2 amide bonds. The Hall–Kier alpha value is -2.73.